The molecule has 0 fully saturated rings. The van der Waals surface area contributed by atoms with Gasteiger partial charge in [0.1, 0.15) is 0 Å². The summed E-state index contributed by atoms with van der Waals surface area (Å²) in [6.07, 6.45) is 0. The molecule has 3 rings (SSSR count). The highest BCUT2D eigenvalue weighted by atomic mass is 32.1. The second-order valence-electron chi connectivity index (χ2n) is 4.55. The maximum Gasteiger partial charge on any atom is 0.194 e. The molecule has 0 aliphatic heterocycles. The second kappa shape index (κ2) is 4.52. The Balaban J connectivity index is 2.16. The van der Waals surface area contributed by atoms with Gasteiger partial charge in [0.2, 0.25) is 0 Å². The van der Waals surface area contributed by atoms with Gasteiger partial charge in [-0.25, -0.2) is 0 Å². The Morgan fingerprint density at radius 3 is 2.74 bits per heavy atom. The Morgan fingerprint density at radius 2 is 1.89 bits per heavy atom. The van der Waals surface area contributed by atoms with Crippen LogP contribution in [0.2, 0.25) is 0 Å². The minimum absolute atomic E-state index is 0.0437. The van der Waals surface area contributed by atoms with Crippen LogP contribution in [-0.2, 0) is 0 Å². The van der Waals surface area contributed by atoms with E-state index in [4.69, 9.17) is 5.73 Å². The number of anilines is 1. The molecule has 19 heavy (non-hydrogen) atoms. The molecule has 0 spiro atoms. The van der Waals surface area contributed by atoms with E-state index < -0.39 is 0 Å². The topological polar surface area (TPSA) is 43.1 Å². The highest BCUT2D eigenvalue weighted by molar-refractivity contribution is 7.17. The molecule has 2 N–H and O–H groups in total. The second-order valence-corrected chi connectivity index (χ2v) is 5.46. The third-order valence-corrected chi connectivity index (χ3v) is 4.20. The van der Waals surface area contributed by atoms with E-state index in [9.17, 15) is 4.79 Å². The van der Waals surface area contributed by atoms with E-state index in [2.05, 4.69) is 0 Å². The minimum atomic E-state index is 0.0437. The summed E-state index contributed by atoms with van der Waals surface area (Å²) in [7, 11) is 0. The summed E-state index contributed by atoms with van der Waals surface area (Å²) in [5, 5.41) is 2.94. The van der Waals surface area contributed by atoms with Crippen molar-refractivity contribution in [1.82, 2.24) is 0 Å². The Morgan fingerprint density at radius 1 is 1.11 bits per heavy atom. The van der Waals surface area contributed by atoms with E-state index in [1.807, 2.05) is 48.7 Å². The van der Waals surface area contributed by atoms with Gasteiger partial charge in [0.25, 0.3) is 0 Å². The fourth-order valence-electron chi connectivity index (χ4n) is 2.18. The standard InChI is InChI=1S/C16H13NOS/c1-10-6-7-11(17)8-13(10)16(18)14-9-19-15-5-3-2-4-12(14)15/h2-9H,17H2,1H3. The minimum Gasteiger partial charge on any atom is -0.399 e. The molecule has 0 bridgehead atoms. The number of nitrogens with two attached hydrogens (primary N) is 1. The van der Waals surface area contributed by atoms with Gasteiger partial charge in [0, 0.05) is 32.3 Å². The fourth-order valence-corrected chi connectivity index (χ4v) is 3.12. The van der Waals surface area contributed by atoms with Crippen LogP contribution < -0.4 is 5.73 Å². The van der Waals surface area contributed by atoms with Gasteiger partial charge in [-0.15, -0.1) is 11.3 Å². The summed E-state index contributed by atoms with van der Waals surface area (Å²) in [6, 6.07) is 13.4. The molecule has 2 nitrogen and oxygen atoms in total. The quantitative estimate of drug-likeness (QED) is 0.563. The van der Waals surface area contributed by atoms with Crippen LogP contribution in [-0.4, -0.2) is 5.78 Å². The van der Waals surface area contributed by atoms with Gasteiger partial charge >= 0.3 is 0 Å². The summed E-state index contributed by atoms with van der Waals surface area (Å²) in [5.41, 5.74) is 8.80. The molecule has 0 unspecified atom stereocenters. The van der Waals surface area contributed by atoms with Crippen molar-refractivity contribution in [3.8, 4) is 0 Å². The average Bonchev–Trinajstić information content (AvgIpc) is 2.84. The van der Waals surface area contributed by atoms with E-state index in [1.165, 1.54) is 0 Å². The number of hydrogen-bond donors (Lipinski definition) is 1. The number of rotatable bonds is 2. The Labute approximate surface area is 115 Å². The summed E-state index contributed by atoms with van der Waals surface area (Å²) >= 11 is 1.59. The molecule has 3 heteroatoms. The maximum atomic E-state index is 12.6. The Bertz CT molecular complexity index is 773. The zero-order valence-corrected chi connectivity index (χ0v) is 11.3. The van der Waals surface area contributed by atoms with Crippen LogP contribution in [0, 0.1) is 6.92 Å². The average molecular weight is 267 g/mol. The van der Waals surface area contributed by atoms with E-state index in [0.29, 0.717) is 11.3 Å². The molecule has 0 saturated carbocycles. The van der Waals surface area contributed by atoms with Gasteiger partial charge < -0.3 is 5.73 Å². The highest BCUT2D eigenvalue weighted by Crippen LogP contribution is 2.28. The van der Waals surface area contributed by atoms with Gasteiger partial charge in [-0.1, -0.05) is 24.3 Å². The van der Waals surface area contributed by atoms with Gasteiger partial charge in [-0.05, 0) is 30.7 Å². The molecule has 0 saturated heterocycles. The third-order valence-electron chi connectivity index (χ3n) is 3.23. The van der Waals surface area contributed by atoms with E-state index in [1.54, 1.807) is 17.4 Å². The first-order valence-electron chi connectivity index (χ1n) is 6.04. The Kier molecular flexibility index (Phi) is 2.84. The zero-order chi connectivity index (χ0) is 13.4. The van der Waals surface area contributed by atoms with E-state index in [-0.39, 0.29) is 5.78 Å². The van der Waals surface area contributed by atoms with Crippen LogP contribution in [0.3, 0.4) is 0 Å². The van der Waals surface area contributed by atoms with Crippen LogP contribution >= 0.6 is 11.3 Å². The first-order chi connectivity index (χ1) is 9.16. The number of aryl methyl sites for hydroxylation is 1. The summed E-state index contributed by atoms with van der Waals surface area (Å²) in [5.74, 6) is 0.0437. The summed E-state index contributed by atoms with van der Waals surface area (Å²) < 4.78 is 1.13. The summed E-state index contributed by atoms with van der Waals surface area (Å²) in [4.78, 5) is 12.6. The third kappa shape index (κ3) is 2.02. The molecule has 0 atom stereocenters. The van der Waals surface area contributed by atoms with Crippen LogP contribution in [0.1, 0.15) is 21.5 Å². The van der Waals surface area contributed by atoms with Gasteiger partial charge in [0.05, 0.1) is 0 Å². The van der Waals surface area contributed by atoms with Crippen LogP contribution in [0.15, 0.2) is 47.8 Å². The molecule has 3 aromatic rings. The molecule has 0 aliphatic rings. The number of carbonyl (C=O) groups excluding carboxylic acids is 1. The largest absolute Gasteiger partial charge is 0.399 e. The lowest BCUT2D eigenvalue weighted by atomic mass is 9.98. The molecule has 0 radical (unpaired) electrons. The van der Waals surface area contributed by atoms with Crippen LogP contribution in [0.5, 0.6) is 0 Å². The number of ketones is 1. The van der Waals surface area contributed by atoms with Crippen molar-refractivity contribution in [1.29, 1.82) is 0 Å². The maximum absolute atomic E-state index is 12.6. The Hall–Kier alpha value is -2.13. The van der Waals surface area contributed by atoms with Gasteiger partial charge in [-0.2, -0.15) is 0 Å². The van der Waals surface area contributed by atoms with Gasteiger partial charge in [0.15, 0.2) is 5.78 Å². The first-order valence-corrected chi connectivity index (χ1v) is 6.92. The lowest BCUT2D eigenvalue weighted by Crippen LogP contribution is -2.04. The van der Waals surface area contributed by atoms with Crippen LogP contribution in [0.25, 0.3) is 10.1 Å². The molecule has 2 aromatic carbocycles. The monoisotopic (exact) mass is 267 g/mol. The predicted octanol–water partition coefficient (Wildman–Crippen LogP) is 4.02. The smallest absolute Gasteiger partial charge is 0.194 e. The lowest BCUT2D eigenvalue weighted by molar-refractivity contribution is 0.104. The molecular weight excluding hydrogens is 254 g/mol. The van der Waals surface area contributed by atoms with E-state index >= 15 is 0 Å². The summed E-state index contributed by atoms with van der Waals surface area (Å²) in [6.45, 7) is 1.93. The molecule has 94 valence electrons. The molecule has 0 amide bonds. The van der Waals surface area contributed by atoms with E-state index in [0.717, 1.165) is 21.2 Å². The normalized spacial score (nSPS) is 10.8. The van der Waals surface area contributed by atoms with Crippen LogP contribution in [0.4, 0.5) is 5.69 Å². The van der Waals surface area contributed by atoms with Gasteiger partial charge in [-0.3, -0.25) is 4.79 Å². The number of fused-ring (bicyclic) bond motifs is 1. The highest BCUT2D eigenvalue weighted by Gasteiger charge is 2.16. The number of benzene rings is 2. The molecule has 1 heterocycles. The fraction of sp³-hybridized carbons (Fsp3) is 0.0625. The van der Waals surface area contributed by atoms with Crippen molar-refractivity contribution in [2.24, 2.45) is 0 Å². The van der Waals surface area contributed by atoms with Crippen molar-refractivity contribution < 1.29 is 4.79 Å². The number of nitrogen functional groups attached to an aromatic ring is 1. The molecule has 0 aliphatic carbocycles. The first kappa shape index (κ1) is 11.9. The SMILES string of the molecule is Cc1ccc(N)cc1C(=O)c1csc2ccccc12. The lowest BCUT2D eigenvalue weighted by Gasteiger charge is -2.05. The molecule has 1 aromatic heterocycles. The van der Waals surface area contributed by atoms with Crippen molar-refractivity contribution in [3.63, 3.8) is 0 Å². The van der Waals surface area contributed by atoms with Crippen molar-refractivity contribution in [3.05, 3.63) is 64.5 Å². The molecular formula is C16H13NOS. The predicted molar refractivity (Wildman–Crippen MR) is 80.8 cm³/mol. The number of thiophene rings is 1. The number of hydrogen-bond acceptors (Lipinski definition) is 3. The van der Waals surface area contributed by atoms with Crippen molar-refractivity contribution in [2.45, 2.75) is 6.92 Å². The van der Waals surface area contributed by atoms with Crippen molar-refractivity contribution >= 4 is 32.9 Å². The van der Waals surface area contributed by atoms with Crippen molar-refractivity contribution in [2.75, 3.05) is 5.73 Å². The zero-order valence-electron chi connectivity index (χ0n) is 10.5. The number of carbonyl (C=O) groups is 1.